The second kappa shape index (κ2) is 10.9. The van der Waals surface area contributed by atoms with Gasteiger partial charge in [-0.3, -0.25) is 10.2 Å². The van der Waals surface area contributed by atoms with Crippen molar-refractivity contribution in [3.8, 4) is 11.5 Å². The molecule has 0 saturated heterocycles. The van der Waals surface area contributed by atoms with E-state index in [1.165, 1.54) is 22.3 Å². The fourth-order valence-corrected chi connectivity index (χ4v) is 4.71. The minimum atomic E-state index is -0.420. The lowest BCUT2D eigenvalue weighted by Crippen LogP contribution is -2.35. The number of aliphatic imine (C=N–C) groups is 1. The molecule has 2 aliphatic rings. The van der Waals surface area contributed by atoms with Gasteiger partial charge in [0.1, 0.15) is 29.8 Å². The van der Waals surface area contributed by atoms with Crippen LogP contribution < -0.4 is 9.47 Å². The normalized spacial score (nSPS) is 16.5. The molecule has 1 amide bonds. The van der Waals surface area contributed by atoms with Crippen molar-refractivity contribution < 1.29 is 14.3 Å². The van der Waals surface area contributed by atoms with Crippen LogP contribution in [0.5, 0.6) is 11.5 Å². The Bertz CT molecular complexity index is 1220. The van der Waals surface area contributed by atoms with E-state index in [1.807, 2.05) is 24.3 Å². The highest BCUT2D eigenvalue weighted by Crippen LogP contribution is 2.30. The minimum absolute atomic E-state index is 0.0491. The lowest BCUT2D eigenvalue weighted by molar-refractivity contribution is -0.114. The van der Waals surface area contributed by atoms with Crippen LogP contribution in [0.25, 0.3) is 6.08 Å². The molecule has 2 aromatic carbocycles. The van der Waals surface area contributed by atoms with Crippen molar-refractivity contribution in [3.63, 3.8) is 0 Å². The Morgan fingerprint density at radius 3 is 2.57 bits per heavy atom. The van der Waals surface area contributed by atoms with E-state index < -0.39 is 5.91 Å². The molecule has 182 valence electrons. The molecule has 0 radical (unpaired) electrons. The molecular formula is C27H30N4O3S. The van der Waals surface area contributed by atoms with Gasteiger partial charge in [-0.2, -0.15) is 15.1 Å². The molecule has 0 aliphatic carbocycles. The van der Waals surface area contributed by atoms with E-state index in [0.29, 0.717) is 30.0 Å². The Morgan fingerprint density at radius 2 is 1.86 bits per heavy atom. The molecule has 35 heavy (non-hydrogen) atoms. The Kier molecular flexibility index (Phi) is 7.70. The van der Waals surface area contributed by atoms with Crippen molar-refractivity contribution >= 4 is 39.8 Å². The highest BCUT2D eigenvalue weighted by atomic mass is 32.2. The summed E-state index contributed by atoms with van der Waals surface area (Å²) >= 11 is 1.36. The number of benzene rings is 2. The summed E-state index contributed by atoms with van der Waals surface area (Å²) in [5.74, 6) is 1.62. The fraction of sp³-hybridized carbons (Fsp3) is 0.333. The Balaban J connectivity index is 1.35. The van der Waals surface area contributed by atoms with Gasteiger partial charge in [-0.05, 0) is 78.4 Å². The molecule has 0 atom stereocenters. The zero-order chi connectivity index (χ0) is 24.9. The summed E-state index contributed by atoms with van der Waals surface area (Å²) in [5.41, 5.74) is 3.36. The van der Waals surface area contributed by atoms with Gasteiger partial charge in [-0.1, -0.05) is 45.0 Å². The van der Waals surface area contributed by atoms with Gasteiger partial charge >= 0.3 is 0 Å². The third kappa shape index (κ3) is 5.82. The molecule has 0 spiro atoms. The zero-order valence-corrected chi connectivity index (χ0v) is 21.3. The first-order chi connectivity index (χ1) is 16.9. The molecule has 0 aromatic heterocycles. The number of ether oxygens (including phenoxy) is 2. The van der Waals surface area contributed by atoms with Gasteiger partial charge < -0.3 is 9.47 Å². The largest absolute Gasteiger partial charge is 0.490 e. The highest BCUT2D eigenvalue weighted by molar-refractivity contribution is 8.26. The molecule has 4 rings (SSSR count). The van der Waals surface area contributed by atoms with Gasteiger partial charge in [0, 0.05) is 0 Å². The van der Waals surface area contributed by atoms with E-state index in [2.05, 4.69) is 56.0 Å². The molecule has 1 N–H and O–H groups in total. The molecular weight excluding hydrogens is 460 g/mol. The predicted octanol–water partition coefficient (Wildman–Crippen LogP) is 6.00. The van der Waals surface area contributed by atoms with E-state index in [-0.39, 0.29) is 11.4 Å². The second-order valence-electron chi connectivity index (χ2n) is 8.73. The average molecular weight is 491 g/mol. The number of amides is 1. The van der Waals surface area contributed by atoms with Crippen molar-refractivity contribution in [1.82, 2.24) is 5.01 Å². The third-order valence-electron chi connectivity index (χ3n) is 5.55. The summed E-state index contributed by atoms with van der Waals surface area (Å²) in [6.45, 7) is 9.28. The average Bonchev–Trinajstić information content (AvgIpc) is 3.23. The Morgan fingerprint density at radius 1 is 1.11 bits per heavy atom. The molecule has 2 aromatic rings. The Hall–Kier alpha value is -3.39. The first kappa shape index (κ1) is 24.7. The van der Waals surface area contributed by atoms with E-state index in [1.54, 1.807) is 6.08 Å². The molecule has 8 heteroatoms. The van der Waals surface area contributed by atoms with Gasteiger partial charge in [0.15, 0.2) is 5.84 Å². The van der Waals surface area contributed by atoms with Crippen LogP contribution in [0, 0.1) is 12.3 Å². The number of carbonyl (C=O) groups is 1. The van der Waals surface area contributed by atoms with Crippen molar-refractivity contribution in [3.05, 3.63) is 64.7 Å². The summed E-state index contributed by atoms with van der Waals surface area (Å²) in [5, 5.41) is 15.7. The number of carbonyl (C=O) groups excluding carboxylic acids is 1. The maximum atomic E-state index is 12.5. The molecule has 0 bridgehead atoms. The van der Waals surface area contributed by atoms with Crippen LogP contribution in [0.15, 0.2) is 58.1 Å². The monoisotopic (exact) mass is 490 g/mol. The van der Waals surface area contributed by atoms with Crippen molar-refractivity contribution in [1.29, 1.82) is 5.41 Å². The van der Waals surface area contributed by atoms with E-state index >= 15 is 0 Å². The van der Waals surface area contributed by atoms with Crippen LogP contribution >= 0.6 is 11.8 Å². The summed E-state index contributed by atoms with van der Waals surface area (Å²) in [6.07, 6.45) is 3.42. The summed E-state index contributed by atoms with van der Waals surface area (Å²) in [6, 6.07) is 13.7. The first-order valence-corrected chi connectivity index (χ1v) is 12.6. The van der Waals surface area contributed by atoms with Crippen LogP contribution in [0.1, 0.15) is 56.2 Å². The number of fused-ring (bicyclic) bond motifs is 1. The molecule has 0 unspecified atom stereocenters. The van der Waals surface area contributed by atoms with Crippen LogP contribution in [0.3, 0.4) is 0 Å². The van der Waals surface area contributed by atoms with Crippen molar-refractivity contribution in [2.75, 3.05) is 13.2 Å². The number of hydrogen-bond acceptors (Lipinski definition) is 6. The number of hydrazone groups is 1. The minimum Gasteiger partial charge on any atom is -0.490 e. The summed E-state index contributed by atoms with van der Waals surface area (Å²) in [4.78, 5) is 16.7. The van der Waals surface area contributed by atoms with Crippen LogP contribution in [-0.2, 0) is 4.79 Å². The van der Waals surface area contributed by atoms with Crippen LogP contribution in [0.4, 0.5) is 0 Å². The van der Waals surface area contributed by atoms with Gasteiger partial charge in [-0.25, -0.2) is 0 Å². The molecule has 2 heterocycles. The standard InChI is InChI=1S/C27H30N4O3S/c1-5-6-24-30-31-25(28)22(26(32)29-27(31)35-24)16-19-8-10-20(11-9-19)33-13-14-34-23-15-18(4)7-12-21(23)17(2)3/h7-12,15-17,28H,5-6,13-14H2,1-4H3. The summed E-state index contributed by atoms with van der Waals surface area (Å²) < 4.78 is 11.8. The van der Waals surface area contributed by atoms with Gasteiger partial charge in [0.05, 0.1) is 5.57 Å². The third-order valence-corrected chi connectivity index (χ3v) is 6.52. The number of aryl methyl sites for hydroxylation is 1. The number of nitrogens with one attached hydrogen (secondary N) is 1. The first-order valence-electron chi connectivity index (χ1n) is 11.8. The summed E-state index contributed by atoms with van der Waals surface area (Å²) in [7, 11) is 0. The van der Waals surface area contributed by atoms with E-state index in [4.69, 9.17) is 14.9 Å². The number of hydrogen-bond donors (Lipinski definition) is 1. The Labute approximate surface area is 210 Å². The number of rotatable bonds is 9. The molecule has 7 nitrogen and oxygen atoms in total. The van der Waals surface area contributed by atoms with Crippen molar-refractivity contribution in [2.45, 2.75) is 46.5 Å². The van der Waals surface area contributed by atoms with Crippen molar-refractivity contribution in [2.24, 2.45) is 10.1 Å². The number of nitrogens with zero attached hydrogens (tertiary/aromatic N) is 3. The number of amidine groups is 2. The molecule has 0 fully saturated rings. The fourth-order valence-electron chi connectivity index (χ4n) is 3.73. The van der Waals surface area contributed by atoms with Crippen LogP contribution in [-0.4, -0.2) is 40.2 Å². The number of thioether (sulfide) groups is 1. The topological polar surface area (TPSA) is 87.3 Å². The van der Waals surface area contributed by atoms with Gasteiger partial charge in [-0.15, -0.1) is 0 Å². The second-order valence-corrected chi connectivity index (χ2v) is 9.77. The molecule has 0 saturated carbocycles. The SMILES string of the molecule is CCCC1=NN2C(=N)C(=Cc3ccc(OCCOc4cc(C)ccc4C(C)C)cc3)C(=O)N=C2S1. The quantitative estimate of drug-likeness (QED) is 0.344. The highest BCUT2D eigenvalue weighted by Gasteiger charge is 2.35. The zero-order valence-electron chi connectivity index (χ0n) is 20.5. The van der Waals surface area contributed by atoms with E-state index in [0.717, 1.165) is 34.8 Å². The lowest BCUT2D eigenvalue weighted by atomic mass is 10.0. The lowest BCUT2D eigenvalue weighted by Gasteiger charge is -2.20. The van der Waals surface area contributed by atoms with Gasteiger partial charge in [0.2, 0.25) is 5.17 Å². The maximum absolute atomic E-state index is 12.5. The van der Waals surface area contributed by atoms with Gasteiger partial charge in [0.25, 0.3) is 5.91 Å². The molecule has 2 aliphatic heterocycles. The van der Waals surface area contributed by atoms with E-state index in [9.17, 15) is 4.79 Å². The smallest absolute Gasteiger partial charge is 0.283 e. The predicted molar refractivity (Wildman–Crippen MR) is 143 cm³/mol. The van der Waals surface area contributed by atoms with Crippen LogP contribution in [0.2, 0.25) is 0 Å². The maximum Gasteiger partial charge on any atom is 0.283 e.